The van der Waals surface area contributed by atoms with Crippen molar-refractivity contribution in [2.75, 3.05) is 12.4 Å². The van der Waals surface area contributed by atoms with Crippen molar-refractivity contribution in [3.05, 3.63) is 83.7 Å². The van der Waals surface area contributed by atoms with E-state index in [9.17, 15) is 4.79 Å². The summed E-state index contributed by atoms with van der Waals surface area (Å²) < 4.78 is 11.7. The van der Waals surface area contributed by atoms with E-state index in [1.54, 1.807) is 37.7 Å². The van der Waals surface area contributed by atoms with Crippen LogP contribution >= 0.6 is 11.3 Å². The number of rotatable bonds is 6. The fourth-order valence-electron chi connectivity index (χ4n) is 3.74. The fraction of sp³-hybridized carbons (Fsp3) is 0.167. The molecular weight excluding hydrogens is 424 g/mol. The molecule has 0 saturated carbocycles. The van der Waals surface area contributed by atoms with Crippen LogP contribution in [0.2, 0.25) is 0 Å². The summed E-state index contributed by atoms with van der Waals surface area (Å²) in [6.07, 6.45) is 5.15. The molecule has 0 bridgehead atoms. The van der Waals surface area contributed by atoms with Crippen molar-refractivity contribution in [3.63, 3.8) is 0 Å². The van der Waals surface area contributed by atoms with E-state index in [2.05, 4.69) is 32.6 Å². The number of hydrogen-bond acceptors (Lipinski definition) is 7. The number of nitrogens with one attached hydrogen (secondary N) is 1. The number of carbonyl (C=O) groups is 1. The maximum absolute atomic E-state index is 12.8. The quantitative estimate of drug-likeness (QED) is 0.474. The standard InChI is InChI=1S/C24H20N4O3S/c1-30-21-14-18(6-7-20(21)31-19-12-16-4-2-3-5-17(16)13-19)22(29)26-24-28-27-23(32-24)15-8-10-25-11-9-15/h2-11,14,19H,12-13H2,1H3,(H,26,28,29). The summed E-state index contributed by atoms with van der Waals surface area (Å²) in [5.41, 5.74) is 3.98. The Morgan fingerprint density at radius 1 is 1.00 bits per heavy atom. The molecule has 1 aliphatic carbocycles. The predicted octanol–water partition coefficient (Wildman–Crippen LogP) is 4.41. The zero-order valence-electron chi connectivity index (χ0n) is 17.3. The van der Waals surface area contributed by atoms with Gasteiger partial charge in [0.1, 0.15) is 11.1 Å². The minimum atomic E-state index is -0.291. The molecular formula is C24H20N4O3S. The summed E-state index contributed by atoms with van der Waals surface area (Å²) in [6.45, 7) is 0. The first kappa shape index (κ1) is 20.1. The Hall–Kier alpha value is -3.78. The maximum Gasteiger partial charge on any atom is 0.257 e. The summed E-state index contributed by atoms with van der Waals surface area (Å²) in [7, 11) is 1.57. The topological polar surface area (TPSA) is 86.2 Å². The number of hydrogen-bond donors (Lipinski definition) is 1. The van der Waals surface area contributed by atoms with Crippen molar-refractivity contribution in [1.29, 1.82) is 0 Å². The lowest BCUT2D eigenvalue weighted by Gasteiger charge is -2.16. The van der Waals surface area contributed by atoms with Gasteiger partial charge in [-0.15, -0.1) is 10.2 Å². The van der Waals surface area contributed by atoms with E-state index >= 15 is 0 Å². The molecule has 7 nitrogen and oxygen atoms in total. The lowest BCUT2D eigenvalue weighted by Crippen LogP contribution is -2.17. The van der Waals surface area contributed by atoms with Gasteiger partial charge in [0.15, 0.2) is 11.5 Å². The third-order valence-electron chi connectivity index (χ3n) is 5.31. The molecule has 0 fully saturated rings. The van der Waals surface area contributed by atoms with Gasteiger partial charge in [-0.25, -0.2) is 0 Å². The molecule has 0 atom stereocenters. The van der Waals surface area contributed by atoms with Crippen molar-refractivity contribution in [2.45, 2.75) is 18.9 Å². The van der Waals surface area contributed by atoms with E-state index in [4.69, 9.17) is 9.47 Å². The first-order valence-electron chi connectivity index (χ1n) is 10.2. The Kier molecular flexibility index (Phi) is 5.51. The van der Waals surface area contributed by atoms with Gasteiger partial charge in [0.2, 0.25) is 5.13 Å². The van der Waals surface area contributed by atoms with Crippen molar-refractivity contribution in [2.24, 2.45) is 0 Å². The summed E-state index contributed by atoms with van der Waals surface area (Å²) in [4.78, 5) is 16.8. The van der Waals surface area contributed by atoms with Gasteiger partial charge in [0.05, 0.1) is 7.11 Å². The number of nitrogens with zero attached hydrogens (tertiary/aromatic N) is 3. The molecule has 0 spiro atoms. The Morgan fingerprint density at radius 3 is 2.47 bits per heavy atom. The summed E-state index contributed by atoms with van der Waals surface area (Å²) >= 11 is 1.30. The highest BCUT2D eigenvalue weighted by Crippen LogP contribution is 2.33. The second-order valence-electron chi connectivity index (χ2n) is 7.38. The van der Waals surface area contributed by atoms with Crippen LogP contribution in [-0.2, 0) is 12.8 Å². The number of ether oxygens (including phenoxy) is 2. The number of amides is 1. The highest BCUT2D eigenvalue weighted by atomic mass is 32.1. The van der Waals surface area contributed by atoms with Crippen LogP contribution < -0.4 is 14.8 Å². The Labute approximate surface area is 189 Å². The lowest BCUT2D eigenvalue weighted by atomic mass is 10.1. The van der Waals surface area contributed by atoms with Crippen LogP contribution in [0.25, 0.3) is 10.6 Å². The first-order valence-corrected chi connectivity index (χ1v) is 11.0. The highest BCUT2D eigenvalue weighted by Gasteiger charge is 2.24. The van der Waals surface area contributed by atoms with Gasteiger partial charge in [0.25, 0.3) is 5.91 Å². The van der Waals surface area contributed by atoms with Crippen molar-refractivity contribution < 1.29 is 14.3 Å². The third kappa shape index (κ3) is 4.17. The van der Waals surface area contributed by atoms with Gasteiger partial charge in [0, 0.05) is 36.4 Å². The van der Waals surface area contributed by atoms with Crippen LogP contribution in [0.15, 0.2) is 67.0 Å². The van der Waals surface area contributed by atoms with Crippen molar-refractivity contribution in [3.8, 4) is 22.1 Å². The summed E-state index contributed by atoms with van der Waals surface area (Å²) in [6, 6.07) is 17.2. The number of fused-ring (bicyclic) bond motifs is 1. The Morgan fingerprint density at radius 2 is 1.75 bits per heavy atom. The molecule has 0 aliphatic heterocycles. The first-order chi connectivity index (χ1) is 15.7. The monoisotopic (exact) mass is 444 g/mol. The van der Waals surface area contributed by atoms with E-state index < -0.39 is 0 Å². The molecule has 0 unspecified atom stereocenters. The SMILES string of the molecule is COc1cc(C(=O)Nc2nnc(-c3ccncc3)s2)ccc1OC1Cc2ccccc2C1. The molecule has 1 amide bonds. The number of anilines is 1. The summed E-state index contributed by atoms with van der Waals surface area (Å²) in [5.74, 6) is 0.849. The number of carbonyl (C=O) groups excluding carboxylic acids is 1. The Bertz CT molecular complexity index is 1230. The third-order valence-corrected chi connectivity index (χ3v) is 6.19. The van der Waals surface area contributed by atoms with Crippen molar-refractivity contribution in [1.82, 2.24) is 15.2 Å². The van der Waals surface area contributed by atoms with Crippen molar-refractivity contribution >= 4 is 22.4 Å². The van der Waals surface area contributed by atoms with Gasteiger partial charge in [-0.2, -0.15) is 0 Å². The normalized spacial score (nSPS) is 12.9. The highest BCUT2D eigenvalue weighted by molar-refractivity contribution is 7.18. The molecule has 2 aromatic heterocycles. The van der Waals surface area contributed by atoms with Crippen LogP contribution in [0.3, 0.4) is 0 Å². The number of aromatic nitrogens is 3. The number of methoxy groups -OCH3 is 1. The average Bonchev–Trinajstić information content (AvgIpc) is 3.46. The Balaban J connectivity index is 1.28. The molecule has 4 aromatic rings. The van der Waals surface area contributed by atoms with Gasteiger partial charge in [-0.1, -0.05) is 35.6 Å². The second kappa shape index (κ2) is 8.76. The largest absolute Gasteiger partial charge is 0.493 e. The van der Waals surface area contributed by atoms with Crippen LogP contribution in [-0.4, -0.2) is 34.3 Å². The molecule has 2 aromatic carbocycles. The van der Waals surface area contributed by atoms with Crippen LogP contribution in [0.5, 0.6) is 11.5 Å². The molecule has 32 heavy (non-hydrogen) atoms. The minimum Gasteiger partial charge on any atom is -0.493 e. The molecule has 0 saturated heterocycles. The maximum atomic E-state index is 12.8. The fourth-order valence-corrected chi connectivity index (χ4v) is 4.49. The summed E-state index contributed by atoms with van der Waals surface area (Å²) in [5, 5.41) is 12.1. The molecule has 2 heterocycles. The minimum absolute atomic E-state index is 0.0500. The van der Waals surface area contributed by atoms with Crippen LogP contribution in [0.4, 0.5) is 5.13 Å². The predicted molar refractivity (Wildman–Crippen MR) is 122 cm³/mol. The van der Waals surface area contributed by atoms with E-state index in [1.807, 2.05) is 24.3 Å². The zero-order chi connectivity index (χ0) is 21.9. The zero-order valence-corrected chi connectivity index (χ0v) is 18.1. The van der Waals surface area contributed by atoms with Gasteiger partial charge in [-0.05, 0) is 41.5 Å². The van der Waals surface area contributed by atoms with Gasteiger partial charge < -0.3 is 9.47 Å². The van der Waals surface area contributed by atoms with Crippen LogP contribution in [0.1, 0.15) is 21.5 Å². The van der Waals surface area contributed by atoms with Gasteiger partial charge in [-0.3, -0.25) is 15.1 Å². The van der Waals surface area contributed by atoms with E-state index in [0.29, 0.717) is 27.2 Å². The molecule has 8 heteroatoms. The molecule has 5 rings (SSSR count). The second-order valence-corrected chi connectivity index (χ2v) is 8.36. The number of benzene rings is 2. The molecule has 1 N–H and O–H groups in total. The molecule has 160 valence electrons. The molecule has 1 aliphatic rings. The average molecular weight is 445 g/mol. The smallest absolute Gasteiger partial charge is 0.257 e. The van der Waals surface area contributed by atoms with E-state index in [-0.39, 0.29) is 12.0 Å². The van der Waals surface area contributed by atoms with Crippen LogP contribution in [0, 0.1) is 0 Å². The lowest BCUT2D eigenvalue weighted by molar-refractivity contribution is 0.102. The van der Waals surface area contributed by atoms with E-state index in [1.165, 1.54) is 22.5 Å². The molecule has 0 radical (unpaired) electrons. The van der Waals surface area contributed by atoms with Gasteiger partial charge >= 0.3 is 0 Å². The number of pyridine rings is 1. The van der Waals surface area contributed by atoms with E-state index in [0.717, 1.165) is 18.4 Å².